The number of nitrogens with one attached hydrogen (secondary N) is 2. The van der Waals surface area contributed by atoms with Crippen molar-refractivity contribution in [3.8, 4) is 0 Å². The number of hydrogen-bond donors (Lipinski definition) is 3. The van der Waals surface area contributed by atoms with E-state index in [2.05, 4.69) is 15.3 Å². The zero-order chi connectivity index (χ0) is 21.1. The van der Waals surface area contributed by atoms with E-state index in [4.69, 9.17) is 17.3 Å². The molecule has 29 heavy (non-hydrogen) atoms. The van der Waals surface area contributed by atoms with Crippen LogP contribution in [0.25, 0.3) is 0 Å². The predicted octanol–water partition coefficient (Wildman–Crippen LogP) is 2.83. The fraction of sp³-hybridized carbons (Fsp3) is 0.0526. The molecule has 2 aromatic carbocycles. The number of hydrogen-bond acceptors (Lipinski definition) is 4. The summed E-state index contributed by atoms with van der Waals surface area (Å²) in [5, 5.41) is 2.75. The molecule has 4 N–H and O–H groups in total. The van der Waals surface area contributed by atoms with Gasteiger partial charge >= 0.3 is 0 Å². The Morgan fingerprint density at radius 2 is 1.86 bits per heavy atom. The van der Waals surface area contributed by atoms with Crippen LogP contribution in [0.4, 0.5) is 15.8 Å². The van der Waals surface area contributed by atoms with Gasteiger partial charge in [-0.25, -0.2) is 9.37 Å². The number of nitrogens with two attached hydrogens (primary N) is 1. The maximum absolute atomic E-state index is 13.9. The molecule has 8 nitrogen and oxygen atoms in total. The normalized spacial score (nSPS) is 10.4. The van der Waals surface area contributed by atoms with Crippen molar-refractivity contribution in [3.05, 3.63) is 76.6 Å². The van der Waals surface area contributed by atoms with Gasteiger partial charge in [0.2, 0.25) is 0 Å². The van der Waals surface area contributed by atoms with Crippen LogP contribution in [-0.4, -0.2) is 34.7 Å². The number of carbonyl (C=O) groups excluding carboxylic acids is 3. The Hall–Kier alpha value is -3.72. The molecule has 0 aliphatic carbocycles. The SMILES string of the molecule is CN(C(=O)c1[nH]cnc1C(N)=O)c1ccc(NC(=O)c2ccc(Cl)cc2F)cc1. The Morgan fingerprint density at radius 1 is 1.17 bits per heavy atom. The van der Waals surface area contributed by atoms with Crippen molar-refractivity contribution in [3.63, 3.8) is 0 Å². The van der Waals surface area contributed by atoms with Gasteiger partial charge in [-0.3, -0.25) is 14.4 Å². The number of H-pyrrole nitrogens is 1. The number of imidazole rings is 1. The van der Waals surface area contributed by atoms with Crippen LogP contribution in [0.5, 0.6) is 0 Å². The third kappa shape index (κ3) is 4.25. The Morgan fingerprint density at radius 3 is 2.48 bits per heavy atom. The number of anilines is 2. The highest BCUT2D eigenvalue weighted by atomic mass is 35.5. The summed E-state index contributed by atoms with van der Waals surface area (Å²) >= 11 is 5.68. The van der Waals surface area contributed by atoms with Crippen molar-refractivity contribution < 1.29 is 18.8 Å². The van der Waals surface area contributed by atoms with Crippen molar-refractivity contribution >= 4 is 40.7 Å². The lowest BCUT2D eigenvalue weighted by molar-refractivity contribution is 0.0958. The van der Waals surface area contributed by atoms with Crippen LogP contribution in [0, 0.1) is 5.82 Å². The lowest BCUT2D eigenvalue weighted by Gasteiger charge is -2.17. The average Bonchev–Trinajstić information content (AvgIpc) is 3.17. The molecule has 10 heteroatoms. The number of benzene rings is 2. The number of primary amides is 1. The summed E-state index contributed by atoms with van der Waals surface area (Å²) in [6.07, 6.45) is 1.20. The molecule has 3 amide bonds. The Balaban J connectivity index is 1.74. The van der Waals surface area contributed by atoms with Gasteiger partial charge < -0.3 is 20.9 Å². The van der Waals surface area contributed by atoms with Crippen LogP contribution in [0.15, 0.2) is 48.8 Å². The van der Waals surface area contributed by atoms with E-state index < -0.39 is 23.5 Å². The molecule has 0 unspecified atom stereocenters. The summed E-state index contributed by atoms with van der Waals surface area (Å²) < 4.78 is 13.9. The highest BCUT2D eigenvalue weighted by Crippen LogP contribution is 2.21. The topological polar surface area (TPSA) is 121 Å². The van der Waals surface area contributed by atoms with Crippen LogP contribution < -0.4 is 16.0 Å². The van der Waals surface area contributed by atoms with E-state index in [1.165, 1.54) is 30.4 Å². The molecule has 0 aliphatic rings. The Kier molecular flexibility index (Phi) is 5.60. The van der Waals surface area contributed by atoms with E-state index in [-0.39, 0.29) is 22.0 Å². The number of amides is 3. The molecule has 1 aromatic heterocycles. The Bertz CT molecular complexity index is 1100. The van der Waals surface area contributed by atoms with E-state index in [9.17, 15) is 18.8 Å². The van der Waals surface area contributed by atoms with Crippen molar-refractivity contribution in [1.82, 2.24) is 9.97 Å². The van der Waals surface area contributed by atoms with Crippen LogP contribution >= 0.6 is 11.6 Å². The molecule has 0 bridgehead atoms. The number of aromatic amines is 1. The van der Waals surface area contributed by atoms with Crippen molar-refractivity contribution in [2.24, 2.45) is 5.73 Å². The van der Waals surface area contributed by atoms with Crippen LogP contribution in [0.3, 0.4) is 0 Å². The smallest absolute Gasteiger partial charge is 0.276 e. The molecular formula is C19H15ClFN5O3. The molecular weight excluding hydrogens is 401 g/mol. The lowest BCUT2D eigenvalue weighted by atomic mass is 10.2. The quantitative estimate of drug-likeness (QED) is 0.593. The molecule has 3 aromatic rings. The molecule has 0 atom stereocenters. The molecule has 0 radical (unpaired) electrons. The first-order valence-electron chi connectivity index (χ1n) is 8.25. The third-order valence-corrected chi connectivity index (χ3v) is 4.31. The van der Waals surface area contributed by atoms with Gasteiger partial charge in [-0.15, -0.1) is 0 Å². The average molecular weight is 416 g/mol. The fourth-order valence-electron chi connectivity index (χ4n) is 2.57. The van der Waals surface area contributed by atoms with E-state index >= 15 is 0 Å². The third-order valence-electron chi connectivity index (χ3n) is 4.08. The monoisotopic (exact) mass is 415 g/mol. The van der Waals surface area contributed by atoms with Gasteiger partial charge in [-0.2, -0.15) is 0 Å². The summed E-state index contributed by atoms with van der Waals surface area (Å²) in [6.45, 7) is 0. The van der Waals surface area contributed by atoms with Crippen molar-refractivity contribution in [1.29, 1.82) is 0 Å². The van der Waals surface area contributed by atoms with Gasteiger partial charge in [-0.1, -0.05) is 11.6 Å². The largest absolute Gasteiger partial charge is 0.364 e. The van der Waals surface area contributed by atoms with E-state index in [0.717, 1.165) is 6.07 Å². The lowest BCUT2D eigenvalue weighted by Crippen LogP contribution is -2.29. The van der Waals surface area contributed by atoms with E-state index in [1.807, 2.05) is 0 Å². The first kappa shape index (κ1) is 20.0. The number of aromatic nitrogens is 2. The van der Waals surface area contributed by atoms with Crippen LogP contribution in [0.2, 0.25) is 5.02 Å². The predicted molar refractivity (Wildman–Crippen MR) is 106 cm³/mol. The van der Waals surface area contributed by atoms with Gasteiger partial charge in [0.05, 0.1) is 11.9 Å². The zero-order valence-electron chi connectivity index (χ0n) is 15.1. The van der Waals surface area contributed by atoms with Crippen molar-refractivity contribution in [2.75, 3.05) is 17.3 Å². The molecule has 0 saturated heterocycles. The minimum absolute atomic E-state index is 0.0319. The van der Waals surface area contributed by atoms with Crippen LogP contribution in [-0.2, 0) is 0 Å². The molecule has 148 valence electrons. The van der Waals surface area contributed by atoms with Gasteiger partial charge in [0.15, 0.2) is 5.69 Å². The minimum atomic E-state index is -0.824. The number of nitrogens with zero attached hydrogens (tertiary/aromatic N) is 2. The summed E-state index contributed by atoms with van der Waals surface area (Å²) in [4.78, 5) is 43.7. The highest BCUT2D eigenvalue weighted by molar-refractivity contribution is 6.30. The van der Waals surface area contributed by atoms with Gasteiger partial charge in [-0.05, 0) is 42.5 Å². The molecule has 3 rings (SSSR count). The molecule has 0 spiro atoms. The fourth-order valence-corrected chi connectivity index (χ4v) is 2.73. The van der Waals surface area contributed by atoms with Gasteiger partial charge in [0.25, 0.3) is 17.7 Å². The molecule has 1 heterocycles. The summed E-state index contributed by atoms with van der Waals surface area (Å²) in [6, 6.07) is 10.0. The molecule has 0 saturated carbocycles. The first-order chi connectivity index (χ1) is 13.8. The minimum Gasteiger partial charge on any atom is -0.364 e. The zero-order valence-corrected chi connectivity index (χ0v) is 15.8. The second-order valence-electron chi connectivity index (χ2n) is 5.98. The molecule has 0 fully saturated rings. The second-order valence-corrected chi connectivity index (χ2v) is 6.42. The Labute approximate surface area is 169 Å². The number of rotatable bonds is 5. The first-order valence-corrected chi connectivity index (χ1v) is 8.63. The van der Waals surface area contributed by atoms with E-state index in [0.29, 0.717) is 11.4 Å². The maximum atomic E-state index is 13.9. The highest BCUT2D eigenvalue weighted by Gasteiger charge is 2.22. The number of halogens is 2. The number of carbonyl (C=O) groups is 3. The summed E-state index contributed by atoms with van der Waals surface area (Å²) in [5.74, 6) is -2.71. The standard InChI is InChI=1S/C19H15ClFN5O3/c1-26(19(29)16-15(17(22)27)23-9-24-16)12-5-3-11(4-6-12)25-18(28)13-7-2-10(20)8-14(13)21/h2-9H,1H3,(H2,22,27)(H,23,24)(H,25,28). The van der Waals surface area contributed by atoms with E-state index in [1.54, 1.807) is 24.3 Å². The maximum Gasteiger partial charge on any atom is 0.276 e. The summed E-state index contributed by atoms with van der Waals surface area (Å²) in [5.41, 5.74) is 5.74. The molecule has 0 aliphatic heterocycles. The van der Waals surface area contributed by atoms with Crippen LogP contribution in [0.1, 0.15) is 31.3 Å². The second kappa shape index (κ2) is 8.11. The summed E-state index contributed by atoms with van der Waals surface area (Å²) in [7, 11) is 1.50. The van der Waals surface area contributed by atoms with Crippen molar-refractivity contribution in [2.45, 2.75) is 0 Å². The van der Waals surface area contributed by atoms with Gasteiger partial charge in [0.1, 0.15) is 11.5 Å². The van der Waals surface area contributed by atoms with Gasteiger partial charge in [0, 0.05) is 23.4 Å².